The molecule has 0 aliphatic carbocycles. The number of hydrogen-bond donors (Lipinski definition) is 2. The Morgan fingerprint density at radius 2 is 2.12 bits per heavy atom. The smallest absolute Gasteiger partial charge is 0.220 e. The number of amides is 1. The van der Waals surface area contributed by atoms with Crippen molar-refractivity contribution in [1.82, 2.24) is 15.2 Å². The average Bonchev–Trinajstić information content (AvgIpc) is 3.26. The molecule has 0 spiro atoms. The Kier molecular flexibility index (Phi) is 5.99. The molecule has 2 heterocycles. The summed E-state index contributed by atoms with van der Waals surface area (Å²) in [5, 5.41) is 5.35. The lowest BCUT2D eigenvalue weighted by atomic mass is 10.0. The van der Waals surface area contributed by atoms with Gasteiger partial charge in [0.15, 0.2) is 5.13 Å². The molecule has 0 radical (unpaired) electrons. The van der Waals surface area contributed by atoms with E-state index < -0.39 is 0 Å². The molecule has 1 aliphatic heterocycles. The first-order valence-electron chi connectivity index (χ1n) is 8.58. The van der Waals surface area contributed by atoms with Crippen LogP contribution in [0.15, 0.2) is 29.6 Å². The summed E-state index contributed by atoms with van der Waals surface area (Å²) in [4.78, 5) is 18.6. The van der Waals surface area contributed by atoms with Crippen molar-refractivity contribution in [3.63, 3.8) is 0 Å². The van der Waals surface area contributed by atoms with Crippen molar-refractivity contribution in [2.75, 3.05) is 25.4 Å². The summed E-state index contributed by atoms with van der Waals surface area (Å²) in [5.74, 6) is -0.265. The fourth-order valence-electron chi connectivity index (χ4n) is 3.21. The maximum absolute atomic E-state index is 14.2. The number of carbonyl (C=O) groups is 1. The largest absolute Gasteiger partial charge is 0.375 e. The van der Waals surface area contributed by atoms with Gasteiger partial charge in [0.2, 0.25) is 5.91 Å². The van der Waals surface area contributed by atoms with Gasteiger partial charge in [-0.05, 0) is 38.4 Å². The number of anilines is 1. The van der Waals surface area contributed by atoms with E-state index in [1.807, 2.05) is 17.5 Å². The fourth-order valence-corrected chi connectivity index (χ4v) is 3.81. The van der Waals surface area contributed by atoms with Crippen molar-refractivity contribution in [2.24, 2.45) is 0 Å². The van der Waals surface area contributed by atoms with Crippen molar-refractivity contribution in [3.8, 4) is 0 Å². The standard InChI is InChI=1S/C18H23FN4OS/c19-15-6-2-1-5-14(15)16(23-9-3-4-10-23)11-21-17(24)8-7-13-12-25-18(20)22-13/h1-2,5-6,12,16H,3-4,7-11H2,(H2,20,22)(H,21,24)/t16-/m1/s1. The first-order chi connectivity index (χ1) is 12.1. The number of benzene rings is 1. The van der Waals surface area contributed by atoms with Crippen LogP contribution in [0.3, 0.4) is 0 Å². The van der Waals surface area contributed by atoms with Crippen molar-refractivity contribution < 1.29 is 9.18 Å². The number of aromatic nitrogens is 1. The van der Waals surface area contributed by atoms with Gasteiger partial charge in [-0.15, -0.1) is 11.3 Å². The van der Waals surface area contributed by atoms with Crippen LogP contribution >= 0.6 is 11.3 Å². The van der Waals surface area contributed by atoms with E-state index in [-0.39, 0.29) is 17.8 Å². The molecule has 0 bridgehead atoms. The van der Waals surface area contributed by atoms with Crippen molar-refractivity contribution in [1.29, 1.82) is 0 Å². The molecule has 2 aromatic rings. The number of likely N-dealkylation sites (tertiary alicyclic amines) is 1. The Hall–Kier alpha value is -1.99. The molecule has 1 aromatic heterocycles. The number of rotatable bonds is 7. The summed E-state index contributed by atoms with van der Waals surface area (Å²) in [6.07, 6.45) is 3.15. The summed E-state index contributed by atoms with van der Waals surface area (Å²) in [6, 6.07) is 6.70. The van der Waals surface area contributed by atoms with Crippen LogP contribution in [0, 0.1) is 5.82 Å². The lowest BCUT2D eigenvalue weighted by Crippen LogP contribution is -2.37. The highest BCUT2D eigenvalue weighted by Crippen LogP contribution is 2.26. The molecule has 0 saturated carbocycles. The van der Waals surface area contributed by atoms with E-state index in [0.29, 0.717) is 30.1 Å². The Balaban J connectivity index is 1.58. The quantitative estimate of drug-likeness (QED) is 0.794. The van der Waals surface area contributed by atoms with Gasteiger partial charge in [-0.2, -0.15) is 0 Å². The summed E-state index contributed by atoms with van der Waals surface area (Å²) in [5.41, 5.74) is 7.08. The van der Waals surface area contributed by atoms with Crippen LogP contribution in [0.2, 0.25) is 0 Å². The molecule has 1 amide bonds. The highest BCUT2D eigenvalue weighted by molar-refractivity contribution is 7.13. The van der Waals surface area contributed by atoms with Gasteiger partial charge in [-0.25, -0.2) is 9.37 Å². The summed E-state index contributed by atoms with van der Waals surface area (Å²) in [7, 11) is 0. The lowest BCUT2D eigenvalue weighted by molar-refractivity contribution is -0.121. The van der Waals surface area contributed by atoms with Crippen LogP contribution in [0.5, 0.6) is 0 Å². The zero-order valence-corrected chi connectivity index (χ0v) is 14.9. The molecule has 3 N–H and O–H groups in total. The van der Waals surface area contributed by atoms with E-state index in [0.717, 1.165) is 31.6 Å². The van der Waals surface area contributed by atoms with Gasteiger partial charge >= 0.3 is 0 Å². The highest BCUT2D eigenvalue weighted by Gasteiger charge is 2.25. The van der Waals surface area contributed by atoms with Crippen LogP contribution < -0.4 is 11.1 Å². The van der Waals surface area contributed by atoms with Gasteiger partial charge in [-0.1, -0.05) is 18.2 Å². The lowest BCUT2D eigenvalue weighted by Gasteiger charge is -2.28. The second-order valence-corrected chi connectivity index (χ2v) is 7.15. The third-order valence-electron chi connectivity index (χ3n) is 4.52. The van der Waals surface area contributed by atoms with E-state index >= 15 is 0 Å². The van der Waals surface area contributed by atoms with Crippen LogP contribution in [0.1, 0.15) is 36.6 Å². The molecule has 0 unspecified atom stereocenters. The fraction of sp³-hybridized carbons (Fsp3) is 0.444. The molecule has 1 fully saturated rings. The predicted molar refractivity (Wildman–Crippen MR) is 97.8 cm³/mol. The number of halogens is 1. The van der Waals surface area contributed by atoms with Gasteiger partial charge in [-0.3, -0.25) is 9.69 Å². The van der Waals surface area contributed by atoms with Gasteiger partial charge in [0.05, 0.1) is 11.7 Å². The SMILES string of the molecule is Nc1nc(CCC(=O)NC[C@H](c2ccccc2F)N2CCCC2)cs1. The molecule has 1 saturated heterocycles. The molecule has 25 heavy (non-hydrogen) atoms. The average molecular weight is 362 g/mol. The van der Waals surface area contributed by atoms with Crippen LogP contribution in [-0.4, -0.2) is 35.4 Å². The van der Waals surface area contributed by atoms with E-state index in [1.54, 1.807) is 6.07 Å². The summed E-state index contributed by atoms with van der Waals surface area (Å²) >= 11 is 1.38. The monoisotopic (exact) mass is 362 g/mol. The first-order valence-corrected chi connectivity index (χ1v) is 9.46. The Morgan fingerprint density at radius 3 is 2.80 bits per heavy atom. The minimum Gasteiger partial charge on any atom is -0.375 e. The Labute approximate surface area is 151 Å². The maximum atomic E-state index is 14.2. The van der Waals surface area contributed by atoms with Crippen molar-refractivity contribution in [3.05, 3.63) is 46.7 Å². The maximum Gasteiger partial charge on any atom is 0.220 e. The zero-order chi connectivity index (χ0) is 17.6. The molecular weight excluding hydrogens is 339 g/mol. The number of thiazole rings is 1. The van der Waals surface area contributed by atoms with Crippen molar-refractivity contribution in [2.45, 2.75) is 31.7 Å². The molecule has 1 atom stereocenters. The third kappa shape index (κ3) is 4.76. The van der Waals surface area contributed by atoms with Gasteiger partial charge in [0.25, 0.3) is 0 Å². The Morgan fingerprint density at radius 1 is 1.36 bits per heavy atom. The number of nitrogen functional groups attached to an aromatic ring is 1. The van der Waals surface area contributed by atoms with Crippen molar-refractivity contribution >= 4 is 22.4 Å². The first kappa shape index (κ1) is 17.8. The van der Waals surface area contributed by atoms with E-state index in [4.69, 9.17) is 5.73 Å². The topological polar surface area (TPSA) is 71.2 Å². The molecule has 1 aliphatic rings. The molecule has 134 valence electrons. The number of nitrogens with zero attached hydrogens (tertiary/aromatic N) is 2. The highest BCUT2D eigenvalue weighted by atomic mass is 32.1. The van der Waals surface area contributed by atoms with Crippen LogP contribution in [-0.2, 0) is 11.2 Å². The summed E-state index contributed by atoms with van der Waals surface area (Å²) < 4.78 is 14.2. The zero-order valence-electron chi connectivity index (χ0n) is 14.1. The number of hydrogen-bond acceptors (Lipinski definition) is 5. The van der Waals surface area contributed by atoms with Gasteiger partial charge in [0, 0.05) is 23.9 Å². The molecule has 5 nitrogen and oxygen atoms in total. The minimum absolute atomic E-state index is 0.0490. The number of carbonyl (C=O) groups excluding carboxylic acids is 1. The normalized spacial score (nSPS) is 16.0. The third-order valence-corrected chi connectivity index (χ3v) is 5.24. The molecular formula is C18H23FN4OS. The van der Waals surface area contributed by atoms with Gasteiger partial charge < -0.3 is 11.1 Å². The molecule has 1 aromatic carbocycles. The van der Waals surface area contributed by atoms with E-state index in [2.05, 4.69) is 15.2 Å². The molecule has 7 heteroatoms. The number of aryl methyl sites for hydroxylation is 1. The van der Waals surface area contributed by atoms with Crippen LogP contribution in [0.25, 0.3) is 0 Å². The van der Waals surface area contributed by atoms with Crippen LogP contribution in [0.4, 0.5) is 9.52 Å². The predicted octanol–water partition coefficient (Wildman–Crippen LogP) is 2.75. The van der Waals surface area contributed by atoms with Gasteiger partial charge in [0.1, 0.15) is 5.82 Å². The number of nitrogens with one attached hydrogen (secondary N) is 1. The van der Waals surface area contributed by atoms with E-state index in [1.165, 1.54) is 17.4 Å². The molecule has 3 rings (SSSR count). The minimum atomic E-state index is -0.216. The number of nitrogens with two attached hydrogens (primary N) is 1. The Bertz CT molecular complexity index is 715. The van der Waals surface area contributed by atoms with E-state index in [9.17, 15) is 9.18 Å². The second-order valence-electron chi connectivity index (χ2n) is 6.26. The second kappa shape index (κ2) is 8.40. The summed E-state index contributed by atoms with van der Waals surface area (Å²) in [6.45, 7) is 2.29.